The molecule has 10 heteroatoms. The van der Waals surface area contributed by atoms with Gasteiger partial charge in [-0.05, 0) is 30.5 Å². The van der Waals surface area contributed by atoms with Gasteiger partial charge in [-0.1, -0.05) is 6.07 Å². The second-order valence-electron chi connectivity index (χ2n) is 5.79. The van der Waals surface area contributed by atoms with Gasteiger partial charge >= 0.3 is 0 Å². The van der Waals surface area contributed by atoms with Crippen LogP contribution in [0.3, 0.4) is 0 Å². The number of hydrogen-bond acceptors (Lipinski definition) is 7. The summed E-state index contributed by atoms with van der Waals surface area (Å²) in [5.74, 6) is -0.368. The van der Waals surface area contributed by atoms with Gasteiger partial charge in [-0.3, -0.25) is 19.7 Å². The SMILES string of the molecule is COc1cc([N+](=O)[O-])ccc1NC(=O)C(C)n1nc(-c2cccs2)ccc1=O. The Balaban J connectivity index is 1.87. The van der Waals surface area contributed by atoms with Crippen LogP contribution in [0.15, 0.2) is 52.6 Å². The van der Waals surface area contributed by atoms with E-state index in [0.29, 0.717) is 5.69 Å². The number of carbonyl (C=O) groups is 1. The number of thiophene rings is 1. The van der Waals surface area contributed by atoms with Gasteiger partial charge in [0.15, 0.2) is 0 Å². The number of amides is 1. The topological polar surface area (TPSA) is 116 Å². The molecule has 0 aliphatic heterocycles. The molecule has 1 aromatic carbocycles. The van der Waals surface area contributed by atoms with Crippen molar-refractivity contribution in [3.8, 4) is 16.3 Å². The molecule has 2 aromatic heterocycles. The van der Waals surface area contributed by atoms with Crippen LogP contribution in [-0.4, -0.2) is 27.7 Å². The van der Waals surface area contributed by atoms with Gasteiger partial charge < -0.3 is 10.1 Å². The Morgan fingerprint density at radius 1 is 1.32 bits per heavy atom. The molecule has 0 spiro atoms. The molecule has 9 nitrogen and oxygen atoms in total. The van der Waals surface area contributed by atoms with E-state index in [2.05, 4.69) is 10.4 Å². The quantitative estimate of drug-likeness (QED) is 0.502. The fraction of sp³-hybridized carbons (Fsp3) is 0.167. The Morgan fingerprint density at radius 3 is 2.75 bits per heavy atom. The van der Waals surface area contributed by atoms with Gasteiger partial charge in [-0.2, -0.15) is 5.10 Å². The minimum atomic E-state index is -0.910. The number of carbonyl (C=O) groups excluding carboxylic acids is 1. The summed E-state index contributed by atoms with van der Waals surface area (Å²) in [6, 6.07) is 9.63. The molecule has 0 bridgehead atoms. The van der Waals surface area contributed by atoms with Crippen molar-refractivity contribution < 1.29 is 14.5 Å². The zero-order chi connectivity index (χ0) is 20.3. The standard InChI is InChI=1S/C18H16N4O5S/c1-11(21-17(23)8-7-14(20-21)16-4-3-9-28-16)18(24)19-13-6-5-12(22(25)26)10-15(13)27-2/h3-11H,1-2H3,(H,19,24). The molecule has 3 rings (SSSR count). The van der Waals surface area contributed by atoms with E-state index >= 15 is 0 Å². The van der Waals surface area contributed by atoms with Crippen molar-refractivity contribution in [3.05, 3.63) is 68.3 Å². The summed E-state index contributed by atoms with van der Waals surface area (Å²) in [5.41, 5.74) is 0.262. The smallest absolute Gasteiger partial charge is 0.273 e. The predicted octanol–water partition coefficient (Wildman–Crippen LogP) is 3.09. The number of aromatic nitrogens is 2. The third-order valence-electron chi connectivity index (χ3n) is 4.00. The van der Waals surface area contributed by atoms with E-state index in [1.54, 1.807) is 13.0 Å². The van der Waals surface area contributed by atoms with Crippen molar-refractivity contribution in [2.75, 3.05) is 12.4 Å². The highest BCUT2D eigenvalue weighted by molar-refractivity contribution is 7.13. The lowest BCUT2D eigenvalue weighted by molar-refractivity contribution is -0.384. The number of hydrogen-bond donors (Lipinski definition) is 1. The summed E-state index contributed by atoms with van der Waals surface area (Å²) in [5, 5.41) is 19.7. The Labute approximate surface area is 163 Å². The van der Waals surface area contributed by atoms with Crippen LogP contribution in [-0.2, 0) is 4.79 Å². The van der Waals surface area contributed by atoms with Crippen LogP contribution >= 0.6 is 11.3 Å². The van der Waals surface area contributed by atoms with E-state index in [9.17, 15) is 19.7 Å². The molecule has 0 saturated heterocycles. The van der Waals surface area contributed by atoms with Gasteiger partial charge in [0, 0.05) is 12.1 Å². The van der Waals surface area contributed by atoms with E-state index in [0.717, 1.165) is 9.56 Å². The molecule has 0 aliphatic rings. The minimum Gasteiger partial charge on any atom is -0.494 e. The first kappa shape index (κ1) is 19.2. The van der Waals surface area contributed by atoms with E-state index < -0.39 is 22.4 Å². The lowest BCUT2D eigenvalue weighted by atomic mass is 10.2. The number of nitro benzene ring substituents is 1. The zero-order valence-electron chi connectivity index (χ0n) is 15.0. The fourth-order valence-electron chi connectivity index (χ4n) is 2.50. The first-order valence-electron chi connectivity index (χ1n) is 8.17. The zero-order valence-corrected chi connectivity index (χ0v) is 15.8. The van der Waals surface area contributed by atoms with Crippen molar-refractivity contribution in [3.63, 3.8) is 0 Å². The van der Waals surface area contributed by atoms with Crippen LogP contribution in [0.4, 0.5) is 11.4 Å². The lowest BCUT2D eigenvalue weighted by Crippen LogP contribution is -2.33. The second kappa shape index (κ2) is 8.01. The molecular formula is C18H16N4O5S. The van der Waals surface area contributed by atoms with Crippen LogP contribution in [0.25, 0.3) is 10.6 Å². The van der Waals surface area contributed by atoms with Crippen molar-refractivity contribution in [1.29, 1.82) is 0 Å². The van der Waals surface area contributed by atoms with Gasteiger partial charge in [0.05, 0.1) is 28.7 Å². The Morgan fingerprint density at radius 2 is 2.11 bits per heavy atom. The first-order chi connectivity index (χ1) is 13.4. The van der Waals surface area contributed by atoms with Gasteiger partial charge in [-0.15, -0.1) is 11.3 Å². The summed E-state index contributed by atoms with van der Waals surface area (Å²) in [7, 11) is 1.34. The summed E-state index contributed by atoms with van der Waals surface area (Å²) in [4.78, 5) is 36.1. The number of benzene rings is 1. The molecule has 1 unspecified atom stereocenters. The third-order valence-corrected chi connectivity index (χ3v) is 4.89. The van der Waals surface area contributed by atoms with Crippen LogP contribution < -0.4 is 15.6 Å². The number of rotatable bonds is 6. The van der Waals surface area contributed by atoms with Crippen LogP contribution in [0.1, 0.15) is 13.0 Å². The molecule has 0 fully saturated rings. The summed E-state index contributed by atoms with van der Waals surface area (Å²) in [6.07, 6.45) is 0. The second-order valence-corrected chi connectivity index (χ2v) is 6.73. The highest BCUT2D eigenvalue weighted by atomic mass is 32.1. The largest absolute Gasteiger partial charge is 0.494 e. The normalized spacial score (nSPS) is 11.6. The number of nitro groups is 1. The number of anilines is 1. The third kappa shape index (κ3) is 3.91. The Bertz CT molecular complexity index is 1080. The highest BCUT2D eigenvalue weighted by Gasteiger charge is 2.21. The van der Waals surface area contributed by atoms with Gasteiger partial charge in [0.1, 0.15) is 17.5 Å². The monoisotopic (exact) mass is 400 g/mol. The predicted molar refractivity (Wildman–Crippen MR) is 105 cm³/mol. The average Bonchev–Trinajstić information content (AvgIpc) is 3.22. The molecule has 28 heavy (non-hydrogen) atoms. The summed E-state index contributed by atoms with van der Waals surface area (Å²) < 4.78 is 6.21. The number of nitrogens with zero attached hydrogens (tertiary/aromatic N) is 3. The van der Waals surface area contributed by atoms with Crippen molar-refractivity contribution in [1.82, 2.24) is 9.78 Å². The molecular weight excluding hydrogens is 384 g/mol. The van der Waals surface area contributed by atoms with Gasteiger partial charge in [0.25, 0.3) is 11.2 Å². The van der Waals surface area contributed by atoms with Crippen LogP contribution in [0.2, 0.25) is 0 Å². The molecule has 1 amide bonds. The molecule has 0 radical (unpaired) electrons. The Hall–Kier alpha value is -3.53. The van der Waals surface area contributed by atoms with E-state index in [4.69, 9.17) is 4.74 Å². The van der Waals surface area contributed by atoms with Crippen LogP contribution in [0.5, 0.6) is 5.75 Å². The fourth-order valence-corrected chi connectivity index (χ4v) is 3.19. The van der Waals surface area contributed by atoms with E-state index in [1.165, 1.54) is 42.7 Å². The maximum absolute atomic E-state index is 12.7. The number of nitrogens with one attached hydrogen (secondary N) is 1. The first-order valence-corrected chi connectivity index (χ1v) is 9.05. The van der Waals surface area contributed by atoms with E-state index in [-0.39, 0.29) is 17.1 Å². The maximum atomic E-state index is 12.7. The number of non-ortho nitro benzene ring substituents is 1. The van der Waals surface area contributed by atoms with Gasteiger partial charge in [-0.25, -0.2) is 4.68 Å². The molecule has 0 aliphatic carbocycles. The average molecular weight is 400 g/mol. The lowest BCUT2D eigenvalue weighted by Gasteiger charge is -2.16. The molecule has 1 atom stereocenters. The maximum Gasteiger partial charge on any atom is 0.273 e. The number of ether oxygens (including phenoxy) is 1. The van der Waals surface area contributed by atoms with Gasteiger partial charge in [0.2, 0.25) is 5.91 Å². The molecule has 144 valence electrons. The molecule has 2 heterocycles. The minimum absolute atomic E-state index is 0.141. The van der Waals surface area contributed by atoms with Crippen molar-refractivity contribution in [2.45, 2.75) is 13.0 Å². The van der Waals surface area contributed by atoms with E-state index in [1.807, 2.05) is 17.5 Å². The number of methoxy groups -OCH3 is 1. The molecule has 0 saturated carbocycles. The summed E-state index contributed by atoms with van der Waals surface area (Å²) in [6.45, 7) is 1.54. The molecule has 1 N–H and O–H groups in total. The van der Waals surface area contributed by atoms with Crippen LogP contribution in [0, 0.1) is 10.1 Å². The van der Waals surface area contributed by atoms with Crippen molar-refractivity contribution in [2.24, 2.45) is 0 Å². The molecule has 3 aromatic rings. The van der Waals surface area contributed by atoms with Crippen molar-refractivity contribution >= 4 is 28.6 Å². The summed E-state index contributed by atoms with van der Waals surface area (Å²) >= 11 is 1.47. The Kier molecular flexibility index (Phi) is 5.50. The highest BCUT2D eigenvalue weighted by Crippen LogP contribution is 2.29.